The van der Waals surface area contributed by atoms with Gasteiger partial charge in [0.05, 0.1) is 13.6 Å². The number of aliphatic hydroxyl groups is 1. The van der Waals surface area contributed by atoms with Gasteiger partial charge in [-0.15, -0.1) is 0 Å². The van der Waals surface area contributed by atoms with E-state index >= 15 is 4.39 Å². The molecular weight excluding hydrogens is 437 g/mol. The smallest absolute Gasteiger partial charge is 0.245 e. The summed E-state index contributed by atoms with van der Waals surface area (Å²) >= 11 is 0. The van der Waals surface area contributed by atoms with Gasteiger partial charge in [0.2, 0.25) is 11.8 Å². The highest BCUT2D eigenvalue weighted by molar-refractivity contribution is 6.88. The minimum atomic E-state index is -1.77. The molecule has 2 amide bonds. The molecule has 0 spiro atoms. The van der Waals surface area contributed by atoms with E-state index in [2.05, 4.69) is 41.3 Å². The molecule has 1 aliphatic heterocycles. The van der Waals surface area contributed by atoms with Gasteiger partial charge in [0.1, 0.15) is 18.0 Å². The summed E-state index contributed by atoms with van der Waals surface area (Å²) < 4.78 is 15.1. The Morgan fingerprint density at radius 1 is 1.21 bits per heavy atom. The number of rotatable bonds is 6. The summed E-state index contributed by atoms with van der Waals surface area (Å²) in [5.41, 5.74) is 4.15. The molecule has 2 heterocycles. The molecule has 0 radical (unpaired) electrons. The first kappa shape index (κ1) is 23.2. The summed E-state index contributed by atoms with van der Waals surface area (Å²) in [5.74, 6) is -1.01. The fourth-order valence-electron chi connectivity index (χ4n) is 4.22. The molecule has 174 valence electrons. The normalized spacial score (nSPS) is 18.5. The highest BCUT2D eigenvalue weighted by Gasteiger charge is 2.34. The van der Waals surface area contributed by atoms with Crippen molar-refractivity contribution in [2.75, 3.05) is 6.54 Å². The zero-order chi connectivity index (χ0) is 23.9. The van der Waals surface area contributed by atoms with Gasteiger partial charge in [0.15, 0.2) is 0 Å². The Hall–Kier alpha value is -2.97. The van der Waals surface area contributed by atoms with Crippen molar-refractivity contribution in [1.82, 2.24) is 15.6 Å². The number of nitrogens with one attached hydrogen (secondary N) is 3. The van der Waals surface area contributed by atoms with Gasteiger partial charge in [-0.1, -0.05) is 60.7 Å². The van der Waals surface area contributed by atoms with Crippen molar-refractivity contribution in [3.05, 3.63) is 53.3 Å². The zero-order valence-corrected chi connectivity index (χ0v) is 20.4. The van der Waals surface area contributed by atoms with Crippen molar-refractivity contribution in [3.63, 3.8) is 0 Å². The summed E-state index contributed by atoms with van der Waals surface area (Å²) in [6.45, 7) is 8.65. The van der Waals surface area contributed by atoms with Crippen LogP contribution < -0.4 is 15.8 Å². The molecule has 2 aromatic carbocycles. The van der Waals surface area contributed by atoms with Gasteiger partial charge in [-0.05, 0) is 30.5 Å². The SMILES string of the molecule is Cc1ccc(-c2[nH]c3c(F)cc([Si](C)(C)C)cc3c2CCC(=O)N[C@@H]2C(=O)NC[C@H]2O)cc1. The van der Waals surface area contributed by atoms with Crippen LogP contribution in [0.1, 0.15) is 17.5 Å². The largest absolute Gasteiger partial charge is 0.389 e. The van der Waals surface area contributed by atoms with Crippen molar-refractivity contribution in [3.8, 4) is 11.3 Å². The van der Waals surface area contributed by atoms with Crippen LogP contribution in [0.2, 0.25) is 19.6 Å². The van der Waals surface area contributed by atoms with Crippen LogP contribution in [0.15, 0.2) is 36.4 Å². The topological polar surface area (TPSA) is 94.2 Å². The van der Waals surface area contributed by atoms with Gasteiger partial charge in [-0.2, -0.15) is 0 Å². The lowest BCUT2D eigenvalue weighted by molar-refractivity contribution is -0.128. The highest BCUT2D eigenvalue weighted by Crippen LogP contribution is 2.33. The molecule has 1 aromatic heterocycles. The number of amides is 2. The van der Waals surface area contributed by atoms with E-state index in [1.165, 1.54) is 0 Å². The molecule has 6 nitrogen and oxygen atoms in total. The third-order valence-corrected chi connectivity index (χ3v) is 8.27. The molecular formula is C25H30FN3O3Si. The Morgan fingerprint density at radius 3 is 2.52 bits per heavy atom. The fraction of sp³-hybridized carbons (Fsp3) is 0.360. The predicted octanol–water partition coefficient (Wildman–Crippen LogP) is 2.74. The van der Waals surface area contributed by atoms with Gasteiger partial charge in [0.25, 0.3) is 0 Å². The van der Waals surface area contributed by atoms with Gasteiger partial charge >= 0.3 is 0 Å². The van der Waals surface area contributed by atoms with Gasteiger partial charge < -0.3 is 20.7 Å². The molecule has 33 heavy (non-hydrogen) atoms. The number of aromatic amines is 1. The van der Waals surface area contributed by atoms with Gasteiger partial charge in [0, 0.05) is 24.0 Å². The molecule has 0 bridgehead atoms. The van der Waals surface area contributed by atoms with Crippen LogP contribution in [0, 0.1) is 12.7 Å². The standard InChI is InChI=1S/C25H30FN3O3Si/c1-14-5-7-15(8-6-14)22-17(9-10-21(31)28-24-20(30)13-27-25(24)32)18-11-16(33(2,3)4)12-19(26)23(18)29-22/h5-8,11-12,20,24,29-30H,9-10,13H2,1-4H3,(H,27,32)(H,28,31)/t20-,24+/m1/s1. The Morgan fingerprint density at radius 2 is 1.91 bits per heavy atom. The number of aryl methyl sites for hydroxylation is 2. The van der Waals surface area contributed by atoms with E-state index in [1.807, 2.05) is 31.2 Å². The number of benzene rings is 2. The van der Waals surface area contributed by atoms with Crippen LogP contribution in [-0.2, 0) is 16.0 Å². The third-order valence-electron chi connectivity index (χ3n) is 6.24. The summed E-state index contributed by atoms with van der Waals surface area (Å²) in [5, 5.41) is 16.9. The van der Waals surface area contributed by atoms with Crippen LogP contribution in [0.5, 0.6) is 0 Å². The third kappa shape index (κ3) is 4.72. The summed E-state index contributed by atoms with van der Waals surface area (Å²) in [7, 11) is -1.77. The van der Waals surface area contributed by atoms with E-state index in [1.54, 1.807) is 6.07 Å². The quantitative estimate of drug-likeness (QED) is 0.420. The molecule has 8 heteroatoms. The van der Waals surface area contributed by atoms with Crippen LogP contribution in [0.3, 0.4) is 0 Å². The molecule has 1 aliphatic rings. The number of H-pyrrole nitrogens is 1. The number of fused-ring (bicyclic) bond motifs is 1. The predicted molar refractivity (Wildman–Crippen MR) is 131 cm³/mol. The van der Waals surface area contributed by atoms with Crippen molar-refractivity contribution in [2.24, 2.45) is 0 Å². The Balaban J connectivity index is 1.71. The number of hydrogen-bond acceptors (Lipinski definition) is 3. The number of aliphatic hydroxyl groups excluding tert-OH is 1. The molecule has 4 rings (SSSR count). The first-order chi connectivity index (χ1) is 15.5. The number of carbonyl (C=O) groups excluding carboxylic acids is 2. The molecule has 4 N–H and O–H groups in total. The van der Waals surface area contributed by atoms with E-state index in [0.29, 0.717) is 11.9 Å². The maximum atomic E-state index is 15.1. The lowest BCUT2D eigenvalue weighted by Crippen LogP contribution is -2.45. The van der Waals surface area contributed by atoms with Crippen LogP contribution in [-0.4, -0.2) is 48.7 Å². The first-order valence-electron chi connectivity index (χ1n) is 11.2. The van der Waals surface area contributed by atoms with E-state index in [9.17, 15) is 14.7 Å². The summed E-state index contributed by atoms with van der Waals surface area (Å²) in [6.07, 6.45) is -0.458. The van der Waals surface area contributed by atoms with Crippen molar-refractivity contribution in [1.29, 1.82) is 0 Å². The summed E-state index contributed by atoms with van der Waals surface area (Å²) in [6, 6.07) is 10.7. The Kier molecular flexibility index (Phi) is 6.15. The highest BCUT2D eigenvalue weighted by atomic mass is 28.3. The number of carbonyl (C=O) groups is 2. The molecule has 0 saturated carbocycles. The fourth-order valence-corrected chi connectivity index (χ4v) is 5.36. The van der Waals surface area contributed by atoms with E-state index < -0.39 is 20.2 Å². The number of hydrogen-bond donors (Lipinski definition) is 4. The molecule has 0 unspecified atom stereocenters. The van der Waals surface area contributed by atoms with E-state index in [4.69, 9.17) is 0 Å². The maximum Gasteiger partial charge on any atom is 0.245 e. The number of halogens is 1. The molecule has 1 fully saturated rings. The monoisotopic (exact) mass is 467 g/mol. The molecule has 2 atom stereocenters. The molecule has 0 aliphatic carbocycles. The number of β-amino-alcohol motifs (C(OH)–C–C–N with tert-alkyl or cyclic N) is 1. The van der Waals surface area contributed by atoms with E-state index in [0.717, 1.165) is 33.0 Å². The average molecular weight is 468 g/mol. The van der Waals surface area contributed by atoms with Gasteiger partial charge in [-0.25, -0.2) is 4.39 Å². The maximum absolute atomic E-state index is 15.1. The first-order valence-corrected chi connectivity index (χ1v) is 14.7. The minimum absolute atomic E-state index is 0.112. The van der Waals surface area contributed by atoms with Gasteiger partial charge in [-0.3, -0.25) is 9.59 Å². The second-order valence-corrected chi connectivity index (χ2v) is 14.9. The summed E-state index contributed by atoms with van der Waals surface area (Å²) in [4.78, 5) is 27.7. The van der Waals surface area contributed by atoms with Crippen LogP contribution in [0.25, 0.3) is 22.2 Å². The van der Waals surface area contributed by atoms with Crippen LogP contribution >= 0.6 is 0 Å². The van der Waals surface area contributed by atoms with Crippen molar-refractivity contribution in [2.45, 2.75) is 51.6 Å². The second kappa shape index (κ2) is 8.76. The van der Waals surface area contributed by atoms with Crippen molar-refractivity contribution < 1.29 is 19.1 Å². The zero-order valence-electron chi connectivity index (χ0n) is 19.4. The second-order valence-electron chi connectivity index (χ2n) is 9.83. The minimum Gasteiger partial charge on any atom is -0.389 e. The number of aromatic nitrogens is 1. The lowest BCUT2D eigenvalue weighted by Gasteiger charge is -2.17. The lowest BCUT2D eigenvalue weighted by atomic mass is 10.00. The molecule has 3 aromatic rings. The average Bonchev–Trinajstić information content (AvgIpc) is 3.27. The van der Waals surface area contributed by atoms with Crippen molar-refractivity contribution >= 4 is 36.0 Å². The Bertz CT molecular complexity index is 1210. The molecule has 1 saturated heterocycles. The Labute approximate surface area is 193 Å². The van der Waals surface area contributed by atoms with E-state index in [-0.39, 0.29) is 30.6 Å². The van der Waals surface area contributed by atoms with Crippen LogP contribution in [0.4, 0.5) is 4.39 Å².